The molecule has 5 nitrogen and oxygen atoms in total. The minimum Gasteiger partial charge on any atom is -0.321 e. The molecule has 0 radical (unpaired) electrons. The first-order chi connectivity index (χ1) is 12.6. The molecule has 0 spiro atoms. The highest BCUT2D eigenvalue weighted by atomic mass is 32.1. The highest BCUT2D eigenvalue weighted by molar-refractivity contribution is 7.12. The molecule has 1 amide bonds. The van der Waals surface area contributed by atoms with Crippen LogP contribution in [0.15, 0.2) is 70.8 Å². The summed E-state index contributed by atoms with van der Waals surface area (Å²) < 4.78 is 1.58. The van der Waals surface area contributed by atoms with E-state index in [1.165, 1.54) is 11.3 Å². The van der Waals surface area contributed by atoms with Crippen LogP contribution in [0.5, 0.6) is 0 Å². The summed E-state index contributed by atoms with van der Waals surface area (Å²) in [6.45, 7) is 1.81. The quantitative estimate of drug-likeness (QED) is 0.600. The van der Waals surface area contributed by atoms with Gasteiger partial charge in [0.25, 0.3) is 11.5 Å². The molecule has 0 atom stereocenters. The van der Waals surface area contributed by atoms with Crippen molar-refractivity contribution in [2.45, 2.75) is 6.92 Å². The number of thiophene rings is 1. The lowest BCUT2D eigenvalue weighted by Crippen LogP contribution is -2.22. The van der Waals surface area contributed by atoms with Crippen LogP contribution in [-0.2, 0) is 0 Å². The van der Waals surface area contributed by atoms with Crippen molar-refractivity contribution in [2.24, 2.45) is 0 Å². The van der Waals surface area contributed by atoms with Gasteiger partial charge in [-0.25, -0.2) is 4.98 Å². The number of aromatic nitrogens is 2. The highest BCUT2D eigenvalue weighted by Crippen LogP contribution is 2.17. The van der Waals surface area contributed by atoms with E-state index in [0.717, 1.165) is 0 Å². The van der Waals surface area contributed by atoms with Crippen LogP contribution in [0.4, 0.5) is 5.69 Å². The molecule has 2 aromatic carbocycles. The van der Waals surface area contributed by atoms with E-state index in [-0.39, 0.29) is 11.5 Å². The molecule has 2 heterocycles. The van der Waals surface area contributed by atoms with E-state index in [4.69, 9.17) is 0 Å². The van der Waals surface area contributed by atoms with Crippen LogP contribution in [0.1, 0.15) is 15.5 Å². The van der Waals surface area contributed by atoms with Crippen molar-refractivity contribution in [3.05, 3.63) is 87.1 Å². The van der Waals surface area contributed by atoms with Gasteiger partial charge in [0.15, 0.2) is 0 Å². The number of nitrogens with zero attached hydrogens (tertiary/aromatic N) is 2. The number of benzene rings is 2. The zero-order valence-electron chi connectivity index (χ0n) is 14.0. The third kappa shape index (κ3) is 2.91. The Bertz CT molecular complexity index is 1150. The lowest BCUT2D eigenvalue weighted by molar-refractivity contribution is 0.103. The summed E-state index contributed by atoms with van der Waals surface area (Å²) in [5.74, 6) is 0.470. The molecule has 4 rings (SSSR count). The van der Waals surface area contributed by atoms with Crippen molar-refractivity contribution in [2.75, 3.05) is 5.32 Å². The number of carbonyl (C=O) groups excluding carboxylic acids is 1. The van der Waals surface area contributed by atoms with Gasteiger partial charge in [-0.3, -0.25) is 14.2 Å². The predicted octanol–water partition coefficient (Wildman–Crippen LogP) is 4.01. The predicted molar refractivity (Wildman–Crippen MR) is 104 cm³/mol. The van der Waals surface area contributed by atoms with Crippen LogP contribution in [0.3, 0.4) is 0 Å². The molecule has 0 fully saturated rings. The molecule has 0 aliphatic rings. The third-order valence-corrected chi connectivity index (χ3v) is 4.94. The largest absolute Gasteiger partial charge is 0.321 e. The summed E-state index contributed by atoms with van der Waals surface area (Å²) >= 11 is 1.39. The van der Waals surface area contributed by atoms with Gasteiger partial charge in [-0.2, -0.15) is 0 Å². The number of anilines is 1. The minimum atomic E-state index is -0.145. The maximum Gasteiger partial charge on any atom is 0.265 e. The van der Waals surface area contributed by atoms with Gasteiger partial charge in [0.05, 0.1) is 21.5 Å². The fraction of sp³-hybridized carbons (Fsp3) is 0.0500. The number of aryl methyl sites for hydroxylation is 1. The number of nitrogens with one attached hydrogen (secondary N) is 1. The SMILES string of the molecule is Cc1nc2ccccc2c(=O)n1-c1ccc(NC(=O)c2cccs2)cc1. The molecule has 0 saturated heterocycles. The molecule has 1 N–H and O–H groups in total. The smallest absolute Gasteiger partial charge is 0.265 e. The lowest BCUT2D eigenvalue weighted by Gasteiger charge is -2.11. The van der Waals surface area contributed by atoms with Crippen molar-refractivity contribution in [1.82, 2.24) is 9.55 Å². The molecule has 26 heavy (non-hydrogen) atoms. The van der Waals surface area contributed by atoms with Gasteiger partial charge in [-0.05, 0) is 54.8 Å². The second-order valence-electron chi connectivity index (χ2n) is 5.80. The standard InChI is InChI=1S/C20H15N3O2S/c1-13-21-17-6-3-2-5-16(17)20(25)23(13)15-10-8-14(9-11-15)22-19(24)18-7-4-12-26-18/h2-12H,1H3,(H,22,24). The minimum absolute atomic E-state index is 0.108. The van der Waals surface area contributed by atoms with Crippen LogP contribution in [-0.4, -0.2) is 15.5 Å². The van der Waals surface area contributed by atoms with Gasteiger partial charge in [0.2, 0.25) is 0 Å². The number of carbonyl (C=O) groups is 1. The van der Waals surface area contributed by atoms with Gasteiger partial charge >= 0.3 is 0 Å². The number of para-hydroxylation sites is 1. The maximum absolute atomic E-state index is 12.8. The van der Waals surface area contributed by atoms with E-state index >= 15 is 0 Å². The van der Waals surface area contributed by atoms with E-state index in [1.807, 2.05) is 29.6 Å². The van der Waals surface area contributed by atoms with Crippen LogP contribution in [0.2, 0.25) is 0 Å². The summed E-state index contributed by atoms with van der Waals surface area (Å²) in [6.07, 6.45) is 0. The molecule has 0 aliphatic heterocycles. The molecule has 2 aromatic heterocycles. The average molecular weight is 361 g/mol. The van der Waals surface area contributed by atoms with Gasteiger partial charge in [-0.1, -0.05) is 18.2 Å². The van der Waals surface area contributed by atoms with Crippen LogP contribution in [0.25, 0.3) is 16.6 Å². The first kappa shape index (κ1) is 16.2. The summed E-state index contributed by atoms with van der Waals surface area (Å²) in [6, 6.07) is 18.1. The summed E-state index contributed by atoms with van der Waals surface area (Å²) in [5, 5.41) is 5.29. The van der Waals surface area contributed by atoms with Crippen molar-refractivity contribution < 1.29 is 4.79 Å². The van der Waals surface area contributed by atoms with Gasteiger partial charge in [0, 0.05) is 5.69 Å². The summed E-state index contributed by atoms with van der Waals surface area (Å²) in [5.41, 5.74) is 1.96. The van der Waals surface area contributed by atoms with Crippen molar-refractivity contribution in [3.63, 3.8) is 0 Å². The van der Waals surface area contributed by atoms with Crippen LogP contribution >= 0.6 is 11.3 Å². The molecule has 6 heteroatoms. The Kier molecular flexibility index (Phi) is 4.10. The molecule has 0 bridgehead atoms. The normalized spacial score (nSPS) is 10.8. The monoisotopic (exact) mass is 361 g/mol. The number of hydrogen-bond donors (Lipinski definition) is 1. The molecule has 0 saturated carbocycles. The van der Waals surface area contributed by atoms with Crippen LogP contribution in [0, 0.1) is 6.92 Å². The molecule has 0 unspecified atom stereocenters. The first-order valence-corrected chi connectivity index (χ1v) is 8.95. The van der Waals surface area contributed by atoms with Crippen LogP contribution < -0.4 is 10.9 Å². The Labute approximate surface area is 153 Å². The number of hydrogen-bond acceptors (Lipinski definition) is 4. The fourth-order valence-corrected chi connectivity index (χ4v) is 3.46. The summed E-state index contributed by atoms with van der Waals surface area (Å²) in [7, 11) is 0. The molecule has 0 aliphatic carbocycles. The second-order valence-corrected chi connectivity index (χ2v) is 6.74. The molecular formula is C20H15N3O2S. The van der Waals surface area contributed by atoms with Crippen molar-refractivity contribution in [1.29, 1.82) is 0 Å². The Hall–Kier alpha value is -3.25. The molecule has 4 aromatic rings. The maximum atomic E-state index is 12.8. The van der Waals surface area contributed by atoms with E-state index in [9.17, 15) is 9.59 Å². The van der Waals surface area contributed by atoms with Gasteiger partial charge < -0.3 is 5.32 Å². The zero-order valence-corrected chi connectivity index (χ0v) is 14.8. The Balaban J connectivity index is 1.68. The van der Waals surface area contributed by atoms with E-state index in [0.29, 0.717) is 33.0 Å². The summed E-state index contributed by atoms with van der Waals surface area (Å²) in [4.78, 5) is 30.1. The second kappa shape index (κ2) is 6.57. The number of rotatable bonds is 3. The zero-order chi connectivity index (χ0) is 18.1. The van der Waals surface area contributed by atoms with Crippen molar-refractivity contribution in [3.8, 4) is 5.69 Å². The third-order valence-electron chi connectivity index (χ3n) is 4.07. The Morgan fingerprint density at radius 3 is 2.54 bits per heavy atom. The topological polar surface area (TPSA) is 64.0 Å². The van der Waals surface area contributed by atoms with E-state index < -0.39 is 0 Å². The van der Waals surface area contributed by atoms with Gasteiger partial charge in [0.1, 0.15) is 5.82 Å². The first-order valence-electron chi connectivity index (χ1n) is 8.07. The van der Waals surface area contributed by atoms with Crippen molar-refractivity contribution >= 4 is 33.8 Å². The van der Waals surface area contributed by atoms with Gasteiger partial charge in [-0.15, -0.1) is 11.3 Å². The molecule has 128 valence electrons. The average Bonchev–Trinajstić information content (AvgIpc) is 3.18. The lowest BCUT2D eigenvalue weighted by atomic mass is 10.2. The Morgan fingerprint density at radius 2 is 1.81 bits per heavy atom. The highest BCUT2D eigenvalue weighted by Gasteiger charge is 2.10. The fourth-order valence-electron chi connectivity index (χ4n) is 2.84. The number of amides is 1. The number of fused-ring (bicyclic) bond motifs is 1. The Morgan fingerprint density at radius 1 is 1.04 bits per heavy atom. The van der Waals surface area contributed by atoms with E-state index in [1.54, 1.807) is 47.9 Å². The van der Waals surface area contributed by atoms with E-state index in [2.05, 4.69) is 10.3 Å². The molecular weight excluding hydrogens is 346 g/mol.